The molecule has 4 nitrogen and oxygen atoms in total. The van der Waals surface area contributed by atoms with Crippen molar-refractivity contribution in [1.82, 2.24) is 5.32 Å². The lowest BCUT2D eigenvalue weighted by Gasteiger charge is -2.19. The van der Waals surface area contributed by atoms with Gasteiger partial charge in [0.25, 0.3) is 0 Å². The van der Waals surface area contributed by atoms with E-state index in [0.29, 0.717) is 6.42 Å². The van der Waals surface area contributed by atoms with Crippen LogP contribution in [0.4, 0.5) is 0 Å². The van der Waals surface area contributed by atoms with Crippen LogP contribution in [0.5, 0.6) is 0 Å². The van der Waals surface area contributed by atoms with Gasteiger partial charge in [0.05, 0.1) is 18.8 Å². The standard InChI is InChI=1S/C76H133NO3/c1-3-5-7-9-11-13-15-17-19-21-23-25-27-29-31-32-33-34-35-36-37-38-39-40-41-42-43-44-46-48-50-52-54-56-58-60-62-64-66-68-70-72-76(80)77-74(73-78)75(79)71-69-67-65-63-61-59-57-55-53-51-49-47-45-30-28-26-24-22-20-18-16-14-12-10-8-6-4-2/h5,7,11,13,17,19,23,25,29,31,33-34,36-37,39-40,61,63,69,71,74-75,78-79H,3-4,6,8-10,12,14-16,18,20-22,24,26-28,30,32,35,38,41-60,62,64-68,70,72-73H2,1-2H3,(H,77,80)/b7-5-,13-11-,19-17-,25-23-,31-29-,34-33-,37-36-,40-39-,63-61+,71-69+. The molecule has 0 saturated heterocycles. The number of nitrogens with one attached hydrogen (secondary N) is 1. The van der Waals surface area contributed by atoms with E-state index in [1.165, 1.54) is 231 Å². The molecule has 0 heterocycles. The Labute approximate surface area is 499 Å². The number of allylic oxidation sites excluding steroid dienone is 19. The topological polar surface area (TPSA) is 69.6 Å². The summed E-state index contributed by atoms with van der Waals surface area (Å²) in [6, 6.07) is -0.647. The lowest BCUT2D eigenvalue weighted by molar-refractivity contribution is -0.123. The molecular formula is C76H133NO3. The van der Waals surface area contributed by atoms with Gasteiger partial charge in [-0.1, -0.05) is 354 Å². The molecule has 2 unspecified atom stereocenters. The minimum absolute atomic E-state index is 0.0733. The molecule has 0 aliphatic heterocycles. The number of rotatable bonds is 63. The Bertz CT molecular complexity index is 1540. The van der Waals surface area contributed by atoms with E-state index in [1.807, 2.05) is 6.08 Å². The van der Waals surface area contributed by atoms with Gasteiger partial charge in [0.2, 0.25) is 5.91 Å². The van der Waals surface area contributed by atoms with Gasteiger partial charge >= 0.3 is 0 Å². The summed E-state index contributed by atoms with van der Waals surface area (Å²) in [5.41, 5.74) is 0. The Kier molecular flexibility index (Phi) is 67.2. The normalized spacial score (nSPS) is 13.5. The smallest absolute Gasteiger partial charge is 0.220 e. The molecule has 0 spiro atoms. The van der Waals surface area contributed by atoms with Crippen molar-refractivity contribution in [3.8, 4) is 0 Å². The number of amides is 1. The SMILES string of the molecule is CC/C=C\C/C=C\C/C=C\C/C=C\C/C=C\C/C=C\C/C=C\C/C=C\CCCCCCCCCCCCCCCCCCC(=O)NC(CO)C(O)/C=C/CC/C=C/CCCCCCCCCCCCCCCCCCCCCCC. The maximum Gasteiger partial charge on any atom is 0.220 e. The largest absolute Gasteiger partial charge is 0.394 e. The summed E-state index contributed by atoms with van der Waals surface area (Å²) in [6.07, 6.45) is 107. The van der Waals surface area contributed by atoms with Gasteiger partial charge in [0.1, 0.15) is 0 Å². The molecule has 80 heavy (non-hydrogen) atoms. The maximum atomic E-state index is 12.5. The monoisotopic (exact) mass is 1110 g/mol. The predicted octanol–water partition coefficient (Wildman–Crippen LogP) is 23.9. The van der Waals surface area contributed by atoms with Gasteiger partial charge in [-0.25, -0.2) is 0 Å². The van der Waals surface area contributed by atoms with Gasteiger partial charge in [-0.3, -0.25) is 4.79 Å². The Hall–Kier alpha value is -3.21. The second kappa shape index (κ2) is 70.1. The number of carbonyl (C=O) groups is 1. The number of carbonyl (C=O) groups excluding carboxylic acids is 1. The van der Waals surface area contributed by atoms with Crippen LogP contribution < -0.4 is 5.32 Å². The molecule has 2 atom stereocenters. The van der Waals surface area contributed by atoms with E-state index in [-0.39, 0.29) is 12.5 Å². The first kappa shape index (κ1) is 76.8. The van der Waals surface area contributed by atoms with Gasteiger partial charge in [0.15, 0.2) is 0 Å². The van der Waals surface area contributed by atoms with Gasteiger partial charge < -0.3 is 15.5 Å². The summed E-state index contributed by atoms with van der Waals surface area (Å²) in [7, 11) is 0. The highest BCUT2D eigenvalue weighted by Gasteiger charge is 2.18. The summed E-state index contributed by atoms with van der Waals surface area (Å²) in [6.45, 7) is 4.21. The van der Waals surface area contributed by atoms with E-state index in [9.17, 15) is 15.0 Å². The van der Waals surface area contributed by atoms with Crippen molar-refractivity contribution in [2.24, 2.45) is 0 Å². The minimum Gasteiger partial charge on any atom is -0.394 e. The molecule has 1 amide bonds. The molecule has 0 aliphatic carbocycles. The van der Waals surface area contributed by atoms with E-state index in [4.69, 9.17) is 0 Å². The third-order valence-corrected chi connectivity index (χ3v) is 15.4. The minimum atomic E-state index is -0.869. The summed E-state index contributed by atoms with van der Waals surface area (Å²) in [5, 5.41) is 23.3. The molecule has 0 aromatic carbocycles. The molecule has 0 saturated carbocycles. The molecule has 460 valence electrons. The fourth-order valence-electron chi connectivity index (χ4n) is 10.2. The first-order valence-electron chi connectivity index (χ1n) is 34.7. The fourth-order valence-corrected chi connectivity index (χ4v) is 10.2. The van der Waals surface area contributed by atoms with Crippen LogP contribution >= 0.6 is 0 Å². The molecule has 3 N–H and O–H groups in total. The summed E-state index contributed by atoms with van der Waals surface area (Å²) in [4.78, 5) is 12.5. The third kappa shape index (κ3) is 65.6. The molecule has 0 rings (SSSR count). The number of hydrogen-bond donors (Lipinski definition) is 3. The molecule has 4 heteroatoms. The van der Waals surface area contributed by atoms with E-state index in [0.717, 1.165) is 83.5 Å². The number of aliphatic hydroxyl groups is 2. The van der Waals surface area contributed by atoms with Crippen molar-refractivity contribution in [1.29, 1.82) is 0 Å². The third-order valence-electron chi connectivity index (χ3n) is 15.4. The first-order valence-corrected chi connectivity index (χ1v) is 34.7. The van der Waals surface area contributed by atoms with Crippen molar-refractivity contribution >= 4 is 5.91 Å². The molecule has 0 bridgehead atoms. The Balaban J connectivity index is 3.53. The molecule has 0 aromatic heterocycles. The zero-order valence-corrected chi connectivity index (χ0v) is 53.1. The Morgan fingerprint density at radius 2 is 0.562 bits per heavy atom. The van der Waals surface area contributed by atoms with Crippen molar-refractivity contribution < 1.29 is 15.0 Å². The number of hydrogen-bond acceptors (Lipinski definition) is 3. The van der Waals surface area contributed by atoms with Gasteiger partial charge in [-0.15, -0.1) is 0 Å². The zero-order valence-electron chi connectivity index (χ0n) is 53.1. The van der Waals surface area contributed by atoms with Crippen molar-refractivity contribution in [2.45, 2.75) is 347 Å². The molecule has 0 aliphatic rings. The highest BCUT2D eigenvalue weighted by Crippen LogP contribution is 2.18. The quantitative estimate of drug-likeness (QED) is 0.0420. The van der Waals surface area contributed by atoms with E-state index < -0.39 is 12.1 Å². The van der Waals surface area contributed by atoms with E-state index in [1.54, 1.807) is 6.08 Å². The number of unbranched alkanes of at least 4 members (excludes halogenated alkanes) is 38. The lowest BCUT2D eigenvalue weighted by atomic mass is 10.0. The average molecular weight is 1110 g/mol. The lowest BCUT2D eigenvalue weighted by Crippen LogP contribution is -2.45. The Morgan fingerprint density at radius 1 is 0.312 bits per heavy atom. The fraction of sp³-hybridized carbons (Fsp3) is 0.724. The molecular weight excluding hydrogens is 975 g/mol. The van der Waals surface area contributed by atoms with Gasteiger partial charge in [-0.2, -0.15) is 0 Å². The summed E-state index contributed by atoms with van der Waals surface area (Å²) >= 11 is 0. The molecule has 0 fully saturated rings. The number of aliphatic hydroxyl groups excluding tert-OH is 2. The van der Waals surface area contributed by atoms with Crippen LogP contribution in [-0.2, 0) is 4.79 Å². The average Bonchev–Trinajstić information content (AvgIpc) is 3.46. The zero-order chi connectivity index (χ0) is 57.6. The second-order valence-corrected chi connectivity index (χ2v) is 23.2. The van der Waals surface area contributed by atoms with Crippen LogP contribution in [0.25, 0.3) is 0 Å². The molecule has 0 aromatic rings. The molecule has 0 radical (unpaired) electrons. The van der Waals surface area contributed by atoms with Gasteiger partial charge in [-0.05, 0) is 96.3 Å². The van der Waals surface area contributed by atoms with Crippen LogP contribution in [0.1, 0.15) is 335 Å². The highest BCUT2D eigenvalue weighted by atomic mass is 16.3. The van der Waals surface area contributed by atoms with Gasteiger partial charge in [0, 0.05) is 6.42 Å². The van der Waals surface area contributed by atoms with Crippen molar-refractivity contribution in [3.05, 3.63) is 122 Å². The first-order chi connectivity index (χ1) is 39.7. The van der Waals surface area contributed by atoms with E-state index >= 15 is 0 Å². The van der Waals surface area contributed by atoms with Crippen molar-refractivity contribution in [2.75, 3.05) is 6.61 Å². The van der Waals surface area contributed by atoms with Crippen LogP contribution in [0.15, 0.2) is 122 Å². The summed E-state index contributed by atoms with van der Waals surface area (Å²) in [5.74, 6) is -0.0733. The van der Waals surface area contributed by atoms with Crippen LogP contribution in [0.3, 0.4) is 0 Å². The van der Waals surface area contributed by atoms with Crippen molar-refractivity contribution in [3.63, 3.8) is 0 Å². The van der Waals surface area contributed by atoms with E-state index in [2.05, 4.69) is 129 Å². The highest BCUT2D eigenvalue weighted by molar-refractivity contribution is 5.76. The predicted molar refractivity (Wildman–Crippen MR) is 359 cm³/mol. The van der Waals surface area contributed by atoms with Crippen LogP contribution in [-0.4, -0.2) is 34.9 Å². The maximum absolute atomic E-state index is 12.5. The Morgan fingerprint density at radius 3 is 0.875 bits per heavy atom. The second-order valence-electron chi connectivity index (χ2n) is 23.2. The van der Waals surface area contributed by atoms with Crippen LogP contribution in [0.2, 0.25) is 0 Å². The van der Waals surface area contributed by atoms with Crippen LogP contribution in [0, 0.1) is 0 Å². The summed E-state index contributed by atoms with van der Waals surface area (Å²) < 4.78 is 0.